The van der Waals surface area contributed by atoms with Crippen molar-refractivity contribution < 1.29 is 14.3 Å². The van der Waals surface area contributed by atoms with Crippen LogP contribution in [0.25, 0.3) is 6.08 Å². The molecule has 4 nitrogen and oxygen atoms in total. The van der Waals surface area contributed by atoms with Crippen molar-refractivity contribution in [2.24, 2.45) is 0 Å². The lowest BCUT2D eigenvalue weighted by atomic mass is 10.1. The number of methoxy groups -OCH3 is 2. The Labute approximate surface area is 117 Å². The summed E-state index contributed by atoms with van der Waals surface area (Å²) >= 11 is 0. The molecular weight excluding hydrogens is 254 g/mol. The number of allylic oxidation sites excluding steroid dienone is 1. The van der Waals surface area contributed by atoms with Gasteiger partial charge in [0.1, 0.15) is 0 Å². The van der Waals surface area contributed by atoms with Crippen molar-refractivity contribution in [1.82, 2.24) is 4.98 Å². The van der Waals surface area contributed by atoms with Gasteiger partial charge in [0, 0.05) is 11.6 Å². The van der Waals surface area contributed by atoms with Gasteiger partial charge in [-0.25, -0.2) is 0 Å². The number of ketones is 1. The Kier molecular flexibility index (Phi) is 4.50. The number of pyridine rings is 1. The lowest BCUT2D eigenvalue weighted by Crippen LogP contribution is -1.95. The third-order valence-corrected chi connectivity index (χ3v) is 2.76. The molecule has 0 saturated heterocycles. The first-order valence-electron chi connectivity index (χ1n) is 6.10. The maximum atomic E-state index is 11.9. The van der Waals surface area contributed by atoms with Gasteiger partial charge in [-0.15, -0.1) is 0 Å². The van der Waals surface area contributed by atoms with Crippen LogP contribution in [-0.4, -0.2) is 25.0 Å². The lowest BCUT2D eigenvalue weighted by Gasteiger charge is -2.06. The second-order valence-electron chi connectivity index (χ2n) is 4.03. The van der Waals surface area contributed by atoms with Crippen molar-refractivity contribution in [3.63, 3.8) is 0 Å². The zero-order valence-electron chi connectivity index (χ0n) is 11.4. The maximum Gasteiger partial charge on any atom is 0.185 e. The molecule has 0 amide bonds. The summed E-state index contributed by atoms with van der Waals surface area (Å²) in [6.07, 6.45) is 4.70. The van der Waals surface area contributed by atoms with Crippen molar-refractivity contribution in [1.29, 1.82) is 0 Å². The first-order valence-corrected chi connectivity index (χ1v) is 6.10. The van der Waals surface area contributed by atoms with Crippen LogP contribution in [0.3, 0.4) is 0 Å². The van der Waals surface area contributed by atoms with Crippen molar-refractivity contribution >= 4 is 11.9 Å². The number of ether oxygens (including phenoxy) is 2. The van der Waals surface area contributed by atoms with Gasteiger partial charge >= 0.3 is 0 Å². The monoisotopic (exact) mass is 269 g/mol. The predicted octanol–water partition coefficient (Wildman–Crippen LogP) is 2.99. The molecular formula is C16H15NO3. The minimum absolute atomic E-state index is 0.0674. The van der Waals surface area contributed by atoms with Gasteiger partial charge in [0.25, 0.3) is 0 Å². The number of nitrogens with zero attached hydrogens (tertiary/aromatic N) is 1. The molecule has 4 heteroatoms. The van der Waals surface area contributed by atoms with Crippen LogP contribution in [0.5, 0.6) is 11.5 Å². The highest BCUT2D eigenvalue weighted by Crippen LogP contribution is 2.26. The molecule has 0 unspecified atom stereocenters. The molecule has 1 aromatic heterocycles. The van der Waals surface area contributed by atoms with Gasteiger partial charge < -0.3 is 9.47 Å². The molecule has 2 rings (SSSR count). The molecule has 0 aliphatic heterocycles. The fourth-order valence-corrected chi connectivity index (χ4v) is 1.70. The average Bonchev–Trinajstić information content (AvgIpc) is 2.53. The normalized spacial score (nSPS) is 10.5. The van der Waals surface area contributed by atoms with E-state index in [0.29, 0.717) is 22.8 Å². The fourth-order valence-electron chi connectivity index (χ4n) is 1.70. The summed E-state index contributed by atoms with van der Waals surface area (Å²) < 4.78 is 10.3. The van der Waals surface area contributed by atoms with Crippen LogP contribution < -0.4 is 9.47 Å². The number of benzene rings is 1. The topological polar surface area (TPSA) is 48.4 Å². The molecule has 2 aromatic rings. The Morgan fingerprint density at radius 3 is 2.45 bits per heavy atom. The lowest BCUT2D eigenvalue weighted by molar-refractivity contribution is 0.104. The van der Waals surface area contributed by atoms with Crippen LogP contribution >= 0.6 is 0 Å². The summed E-state index contributed by atoms with van der Waals surface area (Å²) in [4.78, 5) is 16.1. The molecule has 0 aliphatic carbocycles. The van der Waals surface area contributed by atoms with E-state index in [-0.39, 0.29) is 5.78 Å². The quantitative estimate of drug-likeness (QED) is 0.618. The van der Waals surface area contributed by atoms with Crippen LogP contribution in [0.4, 0.5) is 0 Å². The van der Waals surface area contributed by atoms with Gasteiger partial charge in [-0.2, -0.15) is 0 Å². The summed E-state index contributed by atoms with van der Waals surface area (Å²) in [6.45, 7) is 0. The molecule has 0 aliphatic rings. The largest absolute Gasteiger partial charge is 0.493 e. The van der Waals surface area contributed by atoms with Crippen LogP contribution in [0.2, 0.25) is 0 Å². The van der Waals surface area contributed by atoms with E-state index < -0.39 is 0 Å². The van der Waals surface area contributed by atoms with Gasteiger partial charge in [-0.05, 0) is 12.2 Å². The molecule has 102 valence electrons. The third kappa shape index (κ3) is 3.23. The number of hydrogen-bond acceptors (Lipinski definition) is 4. The molecule has 0 atom stereocenters. The maximum absolute atomic E-state index is 11.9. The van der Waals surface area contributed by atoms with Gasteiger partial charge in [0.15, 0.2) is 17.3 Å². The first-order chi connectivity index (χ1) is 9.74. The highest BCUT2D eigenvalue weighted by atomic mass is 16.5. The molecule has 1 aromatic carbocycles. The Morgan fingerprint density at radius 2 is 1.80 bits per heavy atom. The molecule has 0 fully saturated rings. The standard InChI is InChI=1S/C16H15NO3/c1-19-15-10-13(17-11-16(15)20-2)8-9-14(18)12-6-4-3-5-7-12/h3-11H,1-2H3/b9-8+. The summed E-state index contributed by atoms with van der Waals surface area (Å²) in [7, 11) is 3.11. The highest BCUT2D eigenvalue weighted by molar-refractivity contribution is 6.06. The van der Waals surface area contributed by atoms with E-state index in [9.17, 15) is 4.79 Å². The fraction of sp³-hybridized carbons (Fsp3) is 0.125. The van der Waals surface area contributed by atoms with E-state index in [2.05, 4.69) is 4.98 Å². The number of rotatable bonds is 5. The zero-order valence-corrected chi connectivity index (χ0v) is 11.4. The molecule has 0 radical (unpaired) electrons. The smallest absolute Gasteiger partial charge is 0.185 e. The highest BCUT2D eigenvalue weighted by Gasteiger charge is 2.05. The van der Waals surface area contributed by atoms with E-state index in [0.717, 1.165) is 0 Å². The minimum atomic E-state index is -0.0674. The van der Waals surface area contributed by atoms with E-state index in [1.165, 1.54) is 6.08 Å². The Bertz CT molecular complexity index is 621. The van der Waals surface area contributed by atoms with E-state index in [1.807, 2.05) is 18.2 Å². The van der Waals surface area contributed by atoms with Crippen molar-refractivity contribution in [3.8, 4) is 11.5 Å². The molecule has 1 heterocycles. The van der Waals surface area contributed by atoms with E-state index in [1.54, 1.807) is 44.7 Å². The number of aromatic nitrogens is 1. The zero-order chi connectivity index (χ0) is 14.4. The van der Waals surface area contributed by atoms with E-state index >= 15 is 0 Å². The average molecular weight is 269 g/mol. The van der Waals surface area contributed by atoms with Crippen molar-refractivity contribution in [2.45, 2.75) is 0 Å². The second-order valence-corrected chi connectivity index (χ2v) is 4.03. The molecule has 0 N–H and O–H groups in total. The molecule has 0 saturated carbocycles. The molecule has 20 heavy (non-hydrogen) atoms. The summed E-state index contributed by atoms with van der Waals surface area (Å²) in [5.74, 6) is 1.07. The summed E-state index contributed by atoms with van der Waals surface area (Å²) in [5, 5.41) is 0. The van der Waals surface area contributed by atoms with E-state index in [4.69, 9.17) is 9.47 Å². The van der Waals surface area contributed by atoms with Crippen LogP contribution in [0.15, 0.2) is 48.7 Å². The number of hydrogen-bond donors (Lipinski definition) is 0. The SMILES string of the molecule is COc1cnc(/C=C/C(=O)c2ccccc2)cc1OC. The Morgan fingerprint density at radius 1 is 1.10 bits per heavy atom. The number of carbonyl (C=O) groups is 1. The first kappa shape index (κ1) is 13.8. The van der Waals surface area contributed by atoms with Crippen molar-refractivity contribution in [2.75, 3.05) is 14.2 Å². The number of carbonyl (C=O) groups excluding carboxylic acids is 1. The molecule has 0 spiro atoms. The summed E-state index contributed by atoms with van der Waals surface area (Å²) in [6, 6.07) is 10.8. The van der Waals surface area contributed by atoms with Crippen LogP contribution in [-0.2, 0) is 0 Å². The van der Waals surface area contributed by atoms with Gasteiger partial charge in [-0.3, -0.25) is 9.78 Å². The Hall–Kier alpha value is -2.62. The molecule has 0 bridgehead atoms. The Balaban J connectivity index is 2.17. The van der Waals surface area contributed by atoms with Crippen molar-refractivity contribution in [3.05, 3.63) is 59.9 Å². The summed E-state index contributed by atoms with van der Waals surface area (Å²) in [5.41, 5.74) is 1.27. The predicted molar refractivity (Wildman–Crippen MR) is 77.1 cm³/mol. The van der Waals surface area contributed by atoms with Gasteiger partial charge in [0.2, 0.25) is 0 Å². The van der Waals surface area contributed by atoms with Crippen LogP contribution in [0.1, 0.15) is 16.1 Å². The third-order valence-electron chi connectivity index (χ3n) is 2.76. The van der Waals surface area contributed by atoms with Gasteiger partial charge in [0.05, 0.1) is 26.1 Å². The minimum Gasteiger partial charge on any atom is -0.493 e. The van der Waals surface area contributed by atoms with Crippen LogP contribution in [0, 0.1) is 0 Å². The van der Waals surface area contributed by atoms with Gasteiger partial charge in [-0.1, -0.05) is 30.3 Å². The second kappa shape index (κ2) is 6.52.